The molecule has 2 aromatic carbocycles. The average molecular weight is 283 g/mol. The highest BCUT2D eigenvalue weighted by atomic mass is 32.1. The number of thiazole rings is 1. The van der Waals surface area contributed by atoms with Crippen LogP contribution in [0.25, 0.3) is 20.8 Å². The van der Waals surface area contributed by atoms with Gasteiger partial charge in [0.1, 0.15) is 11.6 Å². The summed E-state index contributed by atoms with van der Waals surface area (Å²) in [5.74, 6) is -0.277. The van der Waals surface area contributed by atoms with E-state index in [0.29, 0.717) is 0 Å². The highest BCUT2D eigenvalue weighted by Gasteiger charge is 2.10. The Morgan fingerprint density at radius 1 is 1.15 bits per heavy atom. The molecule has 0 saturated heterocycles. The second-order valence-electron chi connectivity index (χ2n) is 4.43. The van der Waals surface area contributed by atoms with Crippen molar-refractivity contribution in [3.05, 3.63) is 54.1 Å². The molecular formula is C16H13NO2S. The first kappa shape index (κ1) is 12.8. The second kappa shape index (κ2) is 5.43. The number of aromatic nitrogens is 1. The Balaban J connectivity index is 2.02. The molecule has 0 fully saturated rings. The van der Waals surface area contributed by atoms with Crippen molar-refractivity contribution < 1.29 is 9.53 Å². The fourth-order valence-electron chi connectivity index (χ4n) is 2.01. The number of carbonyl (C=O) groups excluding carboxylic acids is 1. The van der Waals surface area contributed by atoms with E-state index in [2.05, 4.69) is 4.98 Å². The number of hydrogen-bond acceptors (Lipinski definition) is 4. The Morgan fingerprint density at radius 2 is 1.95 bits per heavy atom. The van der Waals surface area contributed by atoms with E-state index < -0.39 is 0 Å². The molecule has 0 unspecified atom stereocenters. The van der Waals surface area contributed by atoms with Crippen LogP contribution in [0.1, 0.15) is 12.5 Å². The molecule has 0 bridgehead atoms. The SMILES string of the molecule is CC(=O)OCc1cccc2sc(-c3ccccc3)nc12. The molecule has 3 nitrogen and oxygen atoms in total. The molecule has 0 aliphatic carbocycles. The number of ether oxygens (including phenoxy) is 1. The molecule has 0 atom stereocenters. The molecule has 0 N–H and O–H groups in total. The summed E-state index contributed by atoms with van der Waals surface area (Å²) in [5, 5.41) is 0.982. The van der Waals surface area contributed by atoms with Crippen LogP contribution in [0.3, 0.4) is 0 Å². The van der Waals surface area contributed by atoms with Gasteiger partial charge in [0.15, 0.2) is 0 Å². The van der Waals surface area contributed by atoms with Gasteiger partial charge < -0.3 is 4.74 Å². The summed E-state index contributed by atoms with van der Waals surface area (Å²) < 4.78 is 6.18. The zero-order chi connectivity index (χ0) is 13.9. The molecule has 3 rings (SSSR count). The molecule has 4 heteroatoms. The monoisotopic (exact) mass is 283 g/mol. The average Bonchev–Trinajstić information content (AvgIpc) is 2.90. The van der Waals surface area contributed by atoms with E-state index in [4.69, 9.17) is 4.74 Å². The minimum absolute atomic E-state index is 0.268. The molecule has 1 aromatic heterocycles. The molecule has 0 amide bonds. The van der Waals surface area contributed by atoms with Gasteiger partial charge in [0.05, 0.1) is 10.2 Å². The van der Waals surface area contributed by atoms with E-state index in [1.807, 2.05) is 48.5 Å². The van der Waals surface area contributed by atoms with E-state index in [-0.39, 0.29) is 12.6 Å². The highest BCUT2D eigenvalue weighted by molar-refractivity contribution is 7.21. The predicted molar refractivity (Wildman–Crippen MR) is 80.5 cm³/mol. The lowest BCUT2D eigenvalue weighted by molar-refractivity contribution is -0.142. The summed E-state index contributed by atoms with van der Waals surface area (Å²) in [6.45, 7) is 1.68. The fourth-order valence-corrected chi connectivity index (χ4v) is 3.02. The van der Waals surface area contributed by atoms with Crippen molar-refractivity contribution in [2.75, 3.05) is 0 Å². The van der Waals surface area contributed by atoms with E-state index in [9.17, 15) is 4.79 Å². The molecule has 100 valence electrons. The third-order valence-corrected chi connectivity index (χ3v) is 4.02. The third kappa shape index (κ3) is 2.56. The van der Waals surface area contributed by atoms with Crippen molar-refractivity contribution in [3.63, 3.8) is 0 Å². The Morgan fingerprint density at radius 3 is 2.70 bits per heavy atom. The van der Waals surface area contributed by atoms with Crippen LogP contribution in [0, 0.1) is 0 Å². The highest BCUT2D eigenvalue weighted by Crippen LogP contribution is 2.31. The minimum atomic E-state index is -0.277. The molecule has 1 heterocycles. The van der Waals surface area contributed by atoms with Crippen LogP contribution in [0.5, 0.6) is 0 Å². The lowest BCUT2D eigenvalue weighted by atomic mass is 10.2. The Hall–Kier alpha value is -2.20. The molecule has 0 aliphatic heterocycles. The number of esters is 1. The van der Waals surface area contributed by atoms with Crippen molar-refractivity contribution >= 4 is 27.5 Å². The molecule has 0 radical (unpaired) electrons. The first-order chi connectivity index (χ1) is 9.74. The van der Waals surface area contributed by atoms with Crippen LogP contribution in [0.15, 0.2) is 48.5 Å². The van der Waals surface area contributed by atoms with Gasteiger partial charge in [-0.15, -0.1) is 11.3 Å². The van der Waals surface area contributed by atoms with Gasteiger partial charge in [-0.25, -0.2) is 4.98 Å². The Labute approximate surface area is 120 Å². The quantitative estimate of drug-likeness (QED) is 0.681. The van der Waals surface area contributed by atoms with Gasteiger partial charge >= 0.3 is 5.97 Å². The summed E-state index contributed by atoms with van der Waals surface area (Å²) >= 11 is 1.65. The van der Waals surface area contributed by atoms with Crippen LogP contribution in [-0.2, 0) is 16.1 Å². The third-order valence-electron chi connectivity index (χ3n) is 2.95. The van der Waals surface area contributed by atoms with Gasteiger partial charge in [0.25, 0.3) is 0 Å². The van der Waals surface area contributed by atoms with Crippen LogP contribution >= 0.6 is 11.3 Å². The normalized spacial score (nSPS) is 10.7. The maximum atomic E-state index is 10.9. The van der Waals surface area contributed by atoms with E-state index >= 15 is 0 Å². The van der Waals surface area contributed by atoms with E-state index in [1.165, 1.54) is 6.92 Å². The topological polar surface area (TPSA) is 39.2 Å². The summed E-state index contributed by atoms with van der Waals surface area (Å²) in [5.41, 5.74) is 2.96. The Bertz CT molecular complexity index is 750. The van der Waals surface area contributed by atoms with Crippen LogP contribution in [0.4, 0.5) is 0 Å². The number of hydrogen-bond donors (Lipinski definition) is 0. The van der Waals surface area contributed by atoms with Gasteiger partial charge in [-0.2, -0.15) is 0 Å². The van der Waals surface area contributed by atoms with Gasteiger partial charge in [0, 0.05) is 18.1 Å². The zero-order valence-corrected chi connectivity index (χ0v) is 11.8. The number of nitrogens with zero attached hydrogens (tertiary/aromatic N) is 1. The number of carbonyl (C=O) groups is 1. The van der Waals surface area contributed by atoms with Crippen molar-refractivity contribution in [2.24, 2.45) is 0 Å². The molecule has 0 saturated carbocycles. The van der Waals surface area contributed by atoms with Crippen molar-refractivity contribution in [1.82, 2.24) is 4.98 Å². The minimum Gasteiger partial charge on any atom is -0.461 e. The number of fused-ring (bicyclic) bond motifs is 1. The Kier molecular flexibility index (Phi) is 3.48. The number of para-hydroxylation sites is 1. The standard InChI is InChI=1S/C16H13NO2S/c1-11(18)19-10-13-8-5-9-14-15(13)17-16(20-14)12-6-3-2-4-7-12/h2-9H,10H2,1H3. The summed E-state index contributed by atoms with van der Waals surface area (Å²) in [6, 6.07) is 16.0. The van der Waals surface area contributed by atoms with Crippen molar-refractivity contribution in [2.45, 2.75) is 13.5 Å². The number of benzene rings is 2. The van der Waals surface area contributed by atoms with Crippen LogP contribution < -0.4 is 0 Å². The molecular weight excluding hydrogens is 270 g/mol. The molecule has 0 spiro atoms. The van der Waals surface area contributed by atoms with Gasteiger partial charge in [-0.1, -0.05) is 42.5 Å². The van der Waals surface area contributed by atoms with Crippen molar-refractivity contribution in [3.8, 4) is 10.6 Å². The number of rotatable bonds is 3. The summed E-state index contributed by atoms with van der Waals surface area (Å²) in [7, 11) is 0. The first-order valence-electron chi connectivity index (χ1n) is 6.31. The van der Waals surface area contributed by atoms with E-state index in [0.717, 1.165) is 26.4 Å². The summed E-state index contributed by atoms with van der Waals surface area (Å²) in [6.07, 6.45) is 0. The van der Waals surface area contributed by atoms with Gasteiger partial charge in [-0.3, -0.25) is 4.79 Å². The summed E-state index contributed by atoms with van der Waals surface area (Å²) in [4.78, 5) is 15.6. The maximum Gasteiger partial charge on any atom is 0.302 e. The van der Waals surface area contributed by atoms with Crippen molar-refractivity contribution in [1.29, 1.82) is 0 Å². The molecule has 0 aliphatic rings. The maximum absolute atomic E-state index is 10.9. The zero-order valence-electron chi connectivity index (χ0n) is 11.0. The molecule has 3 aromatic rings. The predicted octanol–water partition coefficient (Wildman–Crippen LogP) is 4.03. The first-order valence-corrected chi connectivity index (χ1v) is 7.13. The van der Waals surface area contributed by atoms with Crippen LogP contribution in [0.2, 0.25) is 0 Å². The smallest absolute Gasteiger partial charge is 0.302 e. The van der Waals surface area contributed by atoms with E-state index in [1.54, 1.807) is 11.3 Å². The lowest BCUT2D eigenvalue weighted by Crippen LogP contribution is -1.99. The van der Waals surface area contributed by atoms with Crippen LogP contribution in [-0.4, -0.2) is 11.0 Å². The second-order valence-corrected chi connectivity index (χ2v) is 5.46. The van der Waals surface area contributed by atoms with Gasteiger partial charge in [0.2, 0.25) is 0 Å². The fraction of sp³-hybridized carbons (Fsp3) is 0.125. The molecule has 20 heavy (non-hydrogen) atoms. The van der Waals surface area contributed by atoms with Gasteiger partial charge in [-0.05, 0) is 6.07 Å². The largest absolute Gasteiger partial charge is 0.461 e. The lowest BCUT2D eigenvalue weighted by Gasteiger charge is -2.02.